The topological polar surface area (TPSA) is 72.5 Å². The number of Topliss-reactive ketones (excluding diaryl/α,β-unsaturated/α-hetero) is 1. The number of benzene rings is 1. The minimum atomic E-state index is -0.392. The molecule has 2 aliphatic rings. The number of anilines is 1. The summed E-state index contributed by atoms with van der Waals surface area (Å²) in [7, 11) is 0. The van der Waals surface area contributed by atoms with Crippen molar-refractivity contribution >= 4 is 23.3 Å². The maximum Gasteiger partial charge on any atom is 0.306 e. The van der Waals surface area contributed by atoms with Crippen LogP contribution < -0.4 is 5.32 Å². The van der Waals surface area contributed by atoms with E-state index in [0.29, 0.717) is 29.5 Å². The van der Waals surface area contributed by atoms with Crippen LogP contribution in [0.1, 0.15) is 49.4 Å². The fraction of sp³-hybridized carbons (Fsp3) is 0.526. The third kappa shape index (κ3) is 4.02. The summed E-state index contributed by atoms with van der Waals surface area (Å²) in [6.07, 6.45) is 5.34. The Kier molecular flexibility index (Phi) is 4.97. The van der Waals surface area contributed by atoms with Crippen LogP contribution in [0.25, 0.3) is 0 Å². The van der Waals surface area contributed by atoms with E-state index in [9.17, 15) is 14.4 Å². The third-order valence-corrected chi connectivity index (χ3v) is 5.23. The smallest absolute Gasteiger partial charge is 0.306 e. The van der Waals surface area contributed by atoms with Crippen LogP contribution in [0.3, 0.4) is 0 Å². The highest BCUT2D eigenvalue weighted by molar-refractivity contribution is 5.97. The second kappa shape index (κ2) is 7.16. The van der Waals surface area contributed by atoms with E-state index in [1.54, 1.807) is 24.3 Å². The average molecular weight is 329 g/mol. The van der Waals surface area contributed by atoms with Gasteiger partial charge in [0.05, 0.1) is 0 Å². The van der Waals surface area contributed by atoms with Crippen LogP contribution in [-0.4, -0.2) is 24.3 Å². The molecule has 2 fully saturated rings. The van der Waals surface area contributed by atoms with Crippen molar-refractivity contribution < 1.29 is 19.1 Å². The fourth-order valence-electron chi connectivity index (χ4n) is 4.06. The summed E-state index contributed by atoms with van der Waals surface area (Å²) in [6.45, 7) is 1.18. The van der Waals surface area contributed by atoms with Crippen LogP contribution in [0.5, 0.6) is 0 Å². The normalized spacial score (nSPS) is 24.6. The highest BCUT2D eigenvalue weighted by atomic mass is 16.5. The van der Waals surface area contributed by atoms with Gasteiger partial charge < -0.3 is 10.1 Å². The number of rotatable bonds is 6. The highest BCUT2D eigenvalue weighted by Gasteiger charge is 2.40. The average Bonchev–Trinajstić information content (AvgIpc) is 3.16. The molecular weight excluding hydrogens is 306 g/mol. The molecule has 5 nitrogen and oxygen atoms in total. The Balaban J connectivity index is 1.43. The van der Waals surface area contributed by atoms with Crippen LogP contribution in [0, 0.1) is 17.8 Å². The van der Waals surface area contributed by atoms with Gasteiger partial charge in [-0.05, 0) is 56.1 Å². The van der Waals surface area contributed by atoms with Crippen LogP contribution >= 0.6 is 0 Å². The van der Waals surface area contributed by atoms with E-state index >= 15 is 0 Å². The molecule has 2 bridgehead atoms. The molecule has 5 heteroatoms. The maximum atomic E-state index is 11.9. The summed E-state index contributed by atoms with van der Waals surface area (Å²) in [5.74, 6) is 1.16. The van der Waals surface area contributed by atoms with Crippen molar-refractivity contribution in [2.75, 3.05) is 11.9 Å². The molecule has 3 rings (SSSR count). The van der Waals surface area contributed by atoms with Gasteiger partial charge >= 0.3 is 5.97 Å². The second-order valence-corrected chi connectivity index (χ2v) is 6.98. The molecule has 0 saturated heterocycles. The van der Waals surface area contributed by atoms with Crippen LogP contribution in [0.2, 0.25) is 0 Å². The molecule has 128 valence electrons. The number of amides is 1. The fourth-order valence-corrected chi connectivity index (χ4v) is 4.06. The van der Waals surface area contributed by atoms with E-state index in [1.165, 1.54) is 26.2 Å². The first-order valence-electron chi connectivity index (χ1n) is 8.57. The lowest BCUT2D eigenvalue weighted by molar-refractivity contribution is -0.148. The Morgan fingerprint density at radius 2 is 2.04 bits per heavy atom. The highest BCUT2D eigenvalue weighted by Crippen LogP contribution is 2.49. The van der Waals surface area contributed by atoms with Crippen molar-refractivity contribution in [3.05, 3.63) is 29.8 Å². The van der Waals surface area contributed by atoms with Crippen molar-refractivity contribution in [1.82, 2.24) is 0 Å². The Bertz CT molecular complexity index is 655. The Morgan fingerprint density at radius 3 is 2.71 bits per heavy atom. The third-order valence-electron chi connectivity index (χ3n) is 5.23. The lowest BCUT2D eigenvalue weighted by atomic mass is 9.86. The van der Waals surface area contributed by atoms with E-state index in [2.05, 4.69) is 5.32 Å². The molecule has 2 saturated carbocycles. The van der Waals surface area contributed by atoms with Gasteiger partial charge in [-0.25, -0.2) is 0 Å². The van der Waals surface area contributed by atoms with Gasteiger partial charge in [-0.3, -0.25) is 14.4 Å². The summed E-state index contributed by atoms with van der Waals surface area (Å²) in [6, 6.07) is 6.69. The number of ether oxygens (including phenoxy) is 1. The van der Waals surface area contributed by atoms with Gasteiger partial charge in [-0.2, -0.15) is 0 Å². The zero-order chi connectivity index (χ0) is 17.1. The first-order valence-corrected chi connectivity index (χ1v) is 8.57. The lowest BCUT2D eigenvalue weighted by Gasteiger charge is -2.20. The molecule has 3 atom stereocenters. The van der Waals surface area contributed by atoms with Crippen molar-refractivity contribution in [2.24, 2.45) is 17.8 Å². The van der Waals surface area contributed by atoms with Crippen LogP contribution in [0.4, 0.5) is 5.69 Å². The first kappa shape index (κ1) is 16.7. The summed E-state index contributed by atoms with van der Waals surface area (Å²) < 4.78 is 5.11. The zero-order valence-electron chi connectivity index (χ0n) is 13.9. The molecular formula is C19H23NO4. The molecule has 0 radical (unpaired) electrons. The lowest BCUT2D eigenvalue weighted by Crippen LogP contribution is -2.23. The van der Waals surface area contributed by atoms with Crippen molar-refractivity contribution in [2.45, 2.75) is 39.0 Å². The number of carbonyl (C=O) groups excluding carboxylic acids is 3. The molecule has 0 aliphatic heterocycles. The molecule has 0 aromatic heterocycles. The number of hydrogen-bond acceptors (Lipinski definition) is 4. The van der Waals surface area contributed by atoms with Crippen molar-refractivity contribution in [3.63, 3.8) is 0 Å². The van der Waals surface area contributed by atoms with E-state index < -0.39 is 5.91 Å². The Morgan fingerprint density at radius 1 is 1.21 bits per heavy atom. The largest absolute Gasteiger partial charge is 0.456 e. The van der Waals surface area contributed by atoms with Crippen LogP contribution in [-0.2, 0) is 14.3 Å². The molecule has 1 aromatic carbocycles. The molecule has 1 aromatic rings. The molecule has 0 spiro atoms. The van der Waals surface area contributed by atoms with Gasteiger partial charge in [0, 0.05) is 17.7 Å². The molecule has 24 heavy (non-hydrogen) atoms. The minimum Gasteiger partial charge on any atom is -0.456 e. The van der Waals surface area contributed by atoms with Crippen molar-refractivity contribution in [1.29, 1.82) is 0 Å². The summed E-state index contributed by atoms with van der Waals surface area (Å²) >= 11 is 0. The molecule has 0 heterocycles. The standard InChI is InChI=1S/C19H23NO4/c1-12(21)14-3-2-4-17(9-14)20-18(22)11-24-19(23)10-16-8-13-5-6-15(16)7-13/h2-4,9,13,15-16H,5-8,10-11H2,1H3,(H,20,22)/t13-,15-,16+/m1/s1. The van der Waals surface area contributed by atoms with E-state index in [-0.39, 0.29) is 18.4 Å². The van der Waals surface area contributed by atoms with Gasteiger partial charge in [0.1, 0.15) is 0 Å². The van der Waals surface area contributed by atoms with Gasteiger partial charge in [0.25, 0.3) is 5.91 Å². The number of ketones is 1. The maximum absolute atomic E-state index is 11.9. The molecule has 1 amide bonds. The summed E-state index contributed by atoms with van der Waals surface area (Å²) in [5, 5.41) is 2.64. The van der Waals surface area contributed by atoms with Gasteiger partial charge in [0.2, 0.25) is 0 Å². The predicted molar refractivity (Wildman–Crippen MR) is 89.6 cm³/mol. The minimum absolute atomic E-state index is 0.0663. The summed E-state index contributed by atoms with van der Waals surface area (Å²) in [4.78, 5) is 35.2. The SMILES string of the molecule is CC(=O)c1cccc(NC(=O)COC(=O)C[C@@H]2C[C@@H]3CC[C@@H]2C3)c1. The predicted octanol–water partition coefficient (Wildman–Crippen LogP) is 3.20. The molecule has 0 unspecified atom stereocenters. The van der Waals surface area contributed by atoms with Crippen molar-refractivity contribution in [3.8, 4) is 0 Å². The Labute approximate surface area is 141 Å². The van der Waals surface area contributed by atoms with Gasteiger partial charge in [-0.15, -0.1) is 0 Å². The number of fused-ring (bicyclic) bond motifs is 2. The molecule has 1 N–H and O–H groups in total. The van der Waals surface area contributed by atoms with E-state index in [4.69, 9.17) is 4.74 Å². The molecule has 2 aliphatic carbocycles. The van der Waals surface area contributed by atoms with Gasteiger partial charge in [0.15, 0.2) is 12.4 Å². The van der Waals surface area contributed by atoms with Gasteiger partial charge in [-0.1, -0.05) is 18.6 Å². The number of hydrogen-bond donors (Lipinski definition) is 1. The quantitative estimate of drug-likeness (QED) is 0.642. The number of nitrogens with one attached hydrogen (secondary N) is 1. The number of carbonyl (C=O) groups is 3. The zero-order valence-corrected chi connectivity index (χ0v) is 13.9. The number of esters is 1. The second-order valence-electron chi connectivity index (χ2n) is 6.98. The Hall–Kier alpha value is -2.17. The van der Waals surface area contributed by atoms with Crippen LogP contribution in [0.15, 0.2) is 24.3 Å². The summed E-state index contributed by atoms with van der Waals surface area (Å²) in [5.41, 5.74) is 1.05. The first-order chi connectivity index (χ1) is 11.5. The van der Waals surface area contributed by atoms with E-state index in [1.807, 2.05) is 0 Å². The van der Waals surface area contributed by atoms with E-state index in [0.717, 1.165) is 12.3 Å². The monoisotopic (exact) mass is 329 g/mol.